The zero-order valence-electron chi connectivity index (χ0n) is 6.15. The Labute approximate surface area is 79.0 Å². The second kappa shape index (κ2) is 3.41. The largest absolute Gasteiger partial charge is 0.344 e. The van der Waals surface area contributed by atoms with E-state index in [1.807, 2.05) is 0 Å². The molecule has 0 atom stereocenters. The van der Waals surface area contributed by atoms with E-state index in [1.54, 1.807) is 0 Å². The van der Waals surface area contributed by atoms with Gasteiger partial charge in [0.05, 0.1) is 4.92 Å². The lowest BCUT2D eigenvalue weighted by Crippen LogP contribution is -2.03. The highest BCUT2D eigenvalue weighted by atomic mass is 35.5. The summed E-state index contributed by atoms with van der Waals surface area (Å²) < 4.78 is 50.3. The van der Waals surface area contributed by atoms with Gasteiger partial charge in [0.1, 0.15) is 5.02 Å². The summed E-state index contributed by atoms with van der Waals surface area (Å²) in [6, 6.07) is 0. The van der Waals surface area contributed by atoms with Crippen molar-refractivity contribution >= 4 is 17.3 Å². The number of hydrogen-bond donors (Lipinski definition) is 0. The average Bonchev–Trinajstić information content (AvgIpc) is 2.11. The summed E-state index contributed by atoms with van der Waals surface area (Å²) in [6.45, 7) is 0. The molecule has 0 unspecified atom stereocenters. The fourth-order valence-electron chi connectivity index (χ4n) is 0.754. The minimum atomic E-state index is -2.21. The molecule has 14 heavy (non-hydrogen) atoms. The monoisotopic (exact) mass is 229 g/mol. The summed E-state index contributed by atoms with van der Waals surface area (Å²) in [5, 5.41) is 8.59. The predicted molar refractivity (Wildman–Crippen MR) is 37.9 cm³/mol. The van der Waals surface area contributed by atoms with Crippen LogP contribution in [-0.2, 0) is 0 Å². The van der Waals surface area contributed by atoms with Gasteiger partial charge in [-0.25, -0.2) is 8.78 Å². The van der Waals surface area contributed by atoms with Crippen molar-refractivity contribution in [2.24, 2.45) is 0 Å². The Hall–Kier alpha value is -1.37. The van der Waals surface area contributed by atoms with E-state index < -0.39 is 38.9 Å². The summed E-state index contributed by atoms with van der Waals surface area (Å²) in [6.07, 6.45) is 0. The second-order valence-corrected chi connectivity index (χ2v) is 2.55. The van der Waals surface area contributed by atoms with E-state index >= 15 is 0 Å². The molecule has 76 valence electrons. The van der Waals surface area contributed by atoms with Gasteiger partial charge in [0.2, 0.25) is 17.5 Å². The number of halogens is 5. The zero-order valence-corrected chi connectivity index (χ0v) is 6.91. The molecule has 0 radical (unpaired) electrons. The van der Waals surface area contributed by atoms with Gasteiger partial charge in [-0.3, -0.25) is 10.1 Å². The first-order valence-electron chi connectivity index (χ1n) is 3.03. The molecule has 8 heteroatoms. The quantitative estimate of drug-likeness (QED) is 0.244. The van der Waals surface area contributed by atoms with Crippen molar-refractivity contribution in [2.75, 3.05) is 0 Å². The van der Waals surface area contributed by atoms with E-state index in [-0.39, 0.29) is 0 Å². The molecule has 0 aliphatic heterocycles. The van der Waals surface area contributed by atoms with E-state index in [0.717, 1.165) is 0 Å². The minimum absolute atomic E-state index is 1.45. The molecule has 1 rings (SSSR count). The summed E-state index contributed by atoms with van der Waals surface area (Å²) in [4.78, 5) is 8.51. The summed E-state index contributed by atoms with van der Waals surface area (Å²) in [5.74, 6) is -8.32. The van der Waals surface area contributed by atoms with Gasteiger partial charge in [-0.2, -0.15) is 8.78 Å². The number of benzene rings is 1. The highest BCUT2D eigenvalue weighted by Gasteiger charge is 2.32. The number of rotatable bonds is 1. The summed E-state index contributed by atoms with van der Waals surface area (Å²) >= 11 is 4.84. The molecule has 3 nitrogen and oxygen atoms in total. The highest BCUT2D eigenvalue weighted by molar-refractivity contribution is 6.31. The van der Waals surface area contributed by atoms with E-state index in [9.17, 15) is 27.7 Å². The van der Waals surface area contributed by atoms with Crippen molar-refractivity contribution < 1.29 is 22.5 Å². The molecular weight excluding hydrogens is 230 g/mol. The fourth-order valence-corrected chi connectivity index (χ4v) is 0.926. The normalized spacial score (nSPS) is 10.4. The van der Waals surface area contributed by atoms with Crippen LogP contribution in [0.2, 0.25) is 5.02 Å². The fraction of sp³-hybridized carbons (Fsp3) is 0. The number of nitrogens with zero attached hydrogens (tertiary/aromatic N) is 1. The minimum Gasteiger partial charge on any atom is -0.258 e. The Morgan fingerprint density at radius 2 is 1.50 bits per heavy atom. The number of nitro groups is 1. The molecule has 0 aliphatic carbocycles. The molecule has 0 N–H and O–H groups in total. The lowest BCUT2D eigenvalue weighted by Gasteiger charge is -2.01. The van der Waals surface area contributed by atoms with Crippen molar-refractivity contribution in [1.82, 2.24) is 0 Å². The predicted octanol–water partition coefficient (Wildman–Crippen LogP) is 2.80. The summed E-state index contributed by atoms with van der Waals surface area (Å²) in [7, 11) is 0. The molecule has 0 aromatic heterocycles. The van der Waals surface area contributed by atoms with Gasteiger partial charge in [0.15, 0.2) is 5.82 Å². The van der Waals surface area contributed by atoms with E-state index in [0.29, 0.717) is 0 Å². The number of hydrogen-bond acceptors (Lipinski definition) is 2. The van der Waals surface area contributed by atoms with Gasteiger partial charge >= 0.3 is 5.69 Å². The molecule has 1 aromatic carbocycles. The van der Waals surface area contributed by atoms with Crippen molar-refractivity contribution in [3.63, 3.8) is 0 Å². The third-order valence-electron chi connectivity index (χ3n) is 1.37. The standard InChI is InChI=1S/C6ClF4NO2/c7-1-2(8)4(10)5(11)6(3(1)9)12(13)14. The zero-order chi connectivity index (χ0) is 11.0. The maximum Gasteiger partial charge on any atom is 0.344 e. The SMILES string of the molecule is O=[N+]([O-])c1c(F)c(F)c(F)c(Cl)c1F. The number of nitro benzene ring substituents is 1. The molecule has 0 bridgehead atoms. The van der Waals surface area contributed by atoms with Gasteiger partial charge < -0.3 is 0 Å². The van der Waals surface area contributed by atoms with Crippen LogP contribution >= 0.6 is 11.6 Å². The first-order chi connectivity index (χ1) is 6.37. The maximum absolute atomic E-state index is 12.7. The third-order valence-corrected chi connectivity index (χ3v) is 1.70. The van der Waals surface area contributed by atoms with Gasteiger partial charge in [-0.15, -0.1) is 0 Å². The van der Waals surface area contributed by atoms with Crippen molar-refractivity contribution in [1.29, 1.82) is 0 Å². The van der Waals surface area contributed by atoms with Crippen LogP contribution in [0.5, 0.6) is 0 Å². The molecule has 0 spiro atoms. The first-order valence-corrected chi connectivity index (χ1v) is 3.41. The van der Waals surface area contributed by atoms with Crippen LogP contribution in [0.3, 0.4) is 0 Å². The van der Waals surface area contributed by atoms with Gasteiger partial charge in [-0.1, -0.05) is 11.6 Å². The van der Waals surface area contributed by atoms with Crippen LogP contribution in [-0.4, -0.2) is 4.92 Å². The maximum atomic E-state index is 12.7. The van der Waals surface area contributed by atoms with Crippen LogP contribution in [0.15, 0.2) is 0 Å². The Kier molecular flexibility index (Phi) is 2.61. The molecule has 0 aliphatic rings. The van der Waals surface area contributed by atoms with Gasteiger partial charge in [0, 0.05) is 0 Å². The van der Waals surface area contributed by atoms with Crippen LogP contribution < -0.4 is 0 Å². The highest BCUT2D eigenvalue weighted by Crippen LogP contribution is 2.32. The van der Waals surface area contributed by atoms with E-state index in [4.69, 9.17) is 11.6 Å². The van der Waals surface area contributed by atoms with Crippen molar-refractivity contribution in [2.45, 2.75) is 0 Å². The van der Waals surface area contributed by atoms with Crippen molar-refractivity contribution in [3.05, 3.63) is 38.4 Å². The smallest absolute Gasteiger partial charge is 0.258 e. The lowest BCUT2D eigenvalue weighted by atomic mass is 10.2. The Morgan fingerprint density at radius 3 is 1.93 bits per heavy atom. The average molecular weight is 230 g/mol. The second-order valence-electron chi connectivity index (χ2n) is 2.18. The Balaban J connectivity index is 3.68. The Morgan fingerprint density at radius 1 is 1.00 bits per heavy atom. The molecule has 1 aromatic rings. The molecule has 0 heterocycles. The van der Waals surface area contributed by atoms with Gasteiger partial charge in [0.25, 0.3) is 0 Å². The molecular formula is C6ClF4NO2. The van der Waals surface area contributed by atoms with Crippen LogP contribution in [0.1, 0.15) is 0 Å². The lowest BCUT2D eigenvalue weighted by molar-refractivity contribution is -0.390. The van der Waals surface area contributed by atoms with E-state index in [1.165, 1.54) is 0 Å². The van der Waals surface area contributed by atoms with Crippen LogP contribution in [0.25, 0.3) is 0 Å². The molecule has 0 saturated heterocycles. The first kappa shape index (κ1) is 10.7. The molecule has 0 fully saturated rings. The van der Waals surface area contributed by atoms with Crippen LogP contribution in [0.4, 0.5) is 23.2 Å². The van der Waals surface area contributed by atoms with E-state index in [2.05, 4.69) is 0 Å². The summed E-state index contributed by atoms with van der Waals surface area (Å²) in [5.41, 5.74) is -1.81. The topological polar surface area (TPSA) is 43.1 Å². The van der Waals surface area contributed by atoms with Crippen LogP contribution in [0, 0.1) is 33.4 Å². The Bertz CT molecular complexity index is 394. The van der Waals surface area contributed by atoms with Gasteiger partial charge in [-0.05, 0) is 0 Å². The van der Waals surface area contributed by atoms with Crippen molar-refractivity contribution in [3.8, 4) is 0 Å². The third kappa shape index (κ3) is 1.39. The molecule has 0 saturated carbocycles. The molecule has 0 amide bonds.